The first kappa shape index (κ1) is 35.2. The van der Waals surface area contributed by atoms with Crippen LogP contribution in [0.3, 0.4) is 0 Å². The first-order chi connectivity index (χ1) is 30.2. The fourth-order valence-corrected chi connectivity index (χ4v) is 10.1. The number of benzene rings is 10. The lowest BCUT2D eigenvalue weighted by Gasteiger charge is -2.17. The highest BCUT2D eigenvalue weighted by atomic mass is 32.1. The Morgan fingerprint density at radius 3 is 1.62 bits per heavy atom. The molecule has 0 saturated carbocycles. The van der Waals surface area contributed by atoms with Crippen LogP contribution in [0.25, 0.3) is 120 Å². The van der Waals surface area contributed by atoms with E-state index in [1.807, 2.05) is 18.2 Å². The minimum absolute atomic E-state index is 0.727. The number of thiophene rings is 1. The van der Waals surface area contributed by atoms with Crippen LogP contribution >= 0.6 is 11.3 Å². The van der Waals surface area contributed by atoms with Crippen LogP contribution in [0.1, 0.15) is 0 Å². The van der Waals surface area contributed by atoms with Gasteiger partial charge in [0, 0.05) is 15.8 Å². The molecule has 0 saturated heterocycles. The summed E-state index contributed by atoms with van der Waals surface area (Å²) in [7, 11) is 0. The van der Waals surface area contributed by atoms with Crippen molar-refractivity contribution in [2.45, 2.75) is 0 Å². The standard InChI is InChI=1S/C58H36N2S/c1-2-13-42(14-3-1)58-59-53(36-54(60-58)56-35-44-16-6-11-21-55(44)61-56)41-28-24-38(25-29-41)37-22-26-40(27-23-37)46-32-33-50(49-20-10-9-19-48(46)49)57-47-18-8-5-15-43(47)34-52-45-17-7-4-12-39(45)30-31-51(52)57/h1-36H. The van der Waals surface area contributed by atoms with E-state index in [2.05, 4.69) is 200 Å². The Morgan fingerprint density at radius 2 is 0.869 bits per heavy atom. The fourth-order valence-electron chi connectivity index (χ4n) is 9.10. The van der Waals surface area contributed by atoms with E-state index < -0.39 is 0 Å². The first-order valence-electron chi connectivity index (χ1n) is 20.7. The minimum Gasteiger partial charge on any atom is -0.228 e. The van der Waals surface area contributed by atoms with Crippen LogP contribution in [0.4, 0.5) is 0 Å². The minimum atomic E-state index is 0.727. The second kappa shape index (κ2) is 14.5. The second-order valence-electron chi connectivity index (χ2n) is 15.7. The van der Waals surface area contributed by atoms with Crippen LogP contribution in [0, 0.1) is 0 Å². The average Bonchev–Trinajstić information content (AvgIpc) is 3.78. The van der Waals surface area contributed by atoms with E-state index in [1.54, 1.807) is 11.3 Å². The van der Waals surface area contributed by atoms with Gasteiger partial charge < -0.3 is 0 Å². The second-order valence-corrected chi connectivity index (χ2v) is 16.8. The van der Waals surface area contributed by atoms with Gasteiger partial charge >= 0.3 is 0 Å². The Hall–Kier alpha value is -7.72. The van der Waals surface area contributed by atoms with Gasteiger partial charge in [0.25, 0.3) is 0 Å². The van der Waals surface area contributed by atoms with Crippen molar-refractivity contribution in [2.24, 2.45) is 0 Å². The number of fused-ring (bicyclic) bond motifs is 6. The van der Waals surface area contributed by atoms with Crippen LogP contribution in [0.15, 0.2) is 218 Å². The van der Waals surface area contributed by atoms with E-state index in [9.17, 15) is 0 Å². The van der Waals surface area contributed by atoms with Crippen molar-refractivity contribution in [2.75, 3.05) is 0 Å². The molecule has 2 nitrogen and oxygen atoms in total. The molecular weight excluding hydrogens is 757 g/mol. The number of hydrogen-bond donors (Lipinski definition) is 0. The molecule has 0 bridgehead atoms. The summed E-state index contributed by atoms with van der Waals surface area (Å²) < 4.78 is 1.25. The van der Waals surface area contributed by atoms with Gasteiger partial charge in [-0.05, 0) is 106 Å². The number of rotatable bonds is 6. The maximum atomic E-state index is 5.09. The van der Waals surface area contributed by atoms with Gasteiger partial charge in [0.05, 0.1) is 16.3 Å². The van der Waals surface area contributed by atoms with Crippen LogP contribution < -0.4 is 0 Å². The molecule has 2 aromatic heterocycles. The Bertz CT molecular complexity index is 3590. The maximum absolute atomic E-state index is 5.09. The monoisotopic (exact) mass is 792 g/mol. The summed E-state index contributed by atoms with van der Waals surface area (Å²) in [6.07, 6.45) is 0. The summed E-state index contributed by atoms with van der Waals surface area (Å²) in [6, 6.07) is 78.9. The highest BCUT2D eigenvalue weighted by Gasteiger charge is 2.17. The fraction of sp³-hybridized carbons (Fsp3) is 0. The average molecular weight is 793 g/mol. The van der Waals surface area contributed by atoms with Gasteiger partial charge in [-0.25, -0.2) is 9.97 Å². The Morgan fingerprint density at radius 1 is 0.295 bits per heavy atom. The molecule has 12 aromatic rings. The van der Waals surface area contributed by atoms with E-state index >= 15 is 0 Å². The van der Waals surface area contributed by atoms with Gasteiger partial charge in [-0.2, -0.15) is 0 Å². The highest BCUT2D eigenvalue weighted by molar-refractivity contribution is 7.22. The van der Waals surface area contributed by atoms with Crippen LogP contribution in [-0.4, -0.2) is 9.97 Å². The highest BCUT2D eigenvalue weighted by Crippen LogP contribution is 2.44. The molecule has 0 radical (unpaired) electrons. The summed E-state index contributed by atoms with van der Waals surface area (Å²) in [5.74, 6) is 0.727. The number of aromatic nitrogens is 2. The summed E-state index contributed by atoms with van der Waals surface area (Å²) in [5, 5.41) is 11.4. The van der Waals surface area contributed by atoms with Crippen molar-refractivity contribution in [3.8, 4) is 66.6 Å². The summed E-state index contributed by atoms with van der Waals surface area (Å²) in [6.45, 7) is 0. The van der Waals surface area contributed by atoms with Crippen molar-refractivity contribution in [3.63, 3.8) is 0 Å². The summed E-state index contributed by atoms with van der Waals surface area (Å²) in [5.41, 5.74) is 11.2. The summed E-state index contributed by atoms with van der Waals surface area (Å²) >= 11 is 1.77. The van der Waals surface area contributed by atoms with Crippen LogP contribution in [-0.2, 0) is 0 Å². The maximum Gasteiger partial charge on any atom is 0.160 e. The lowest BCUT2D eigenvalue weighted by molar-refractivity contribution is 1.19. The van der Waals surface area contributed by atoms with Crippen molar-refractivity contribution in [1.29, 1.82) is 0 Å². The van der Waals surface area contributed by atoms with Crippen molar-refractivity contribution < 1.29 is 0 Å². The topological polar surface area (TPSA) is 25.8 Å². The van der Waals surface area contributed by atoms with Gasteiger partial charge in [0.2, 0.25) is 0 Å². The van der Waals surface area contributed by atoms with Crippen molar-refractivity contribution in [1.82, 2.24) is 9.97 Å². The lowest BCUT2D eigenvalue weighted by Crippen LogP contribution is -1.95. The molecule has 284 valence electrons. The zero-order valence-electron chi connectivity index (χ0n) is 33.1. The predicted molar refractivity (Wildman–Crippen MR) is 260 cm³/mol. The molecule has 0 fully saturated rings. The zero-order chi connectivity index (χ0) is 40.3. The smallest absolute Gasteiger partial charge is 0.160 e. The van der Waals surface area contributed by atoms with E-state index in [4.69, 9.17) is 9.97 Å². The zero-order valence-corrected chi connectivity index (χ0v) is 33.9. The van der Waals surface area contributed by atoms with Crippen molar-refractivity contribution in [3.05, 3.63) is 218 Å². The SMILES string of the molecule is c1ccc(-c2nc(-c3ccc(-c4ccc(-c5ccc(-c6c7ccccc7cc7c6ccc6ccccc67)c6ccccc56)cc4)cc3)cc(-c3cc4ccccc4s3)n2)cc1. The molecule has 0 aliphatic rings. The quantitative estimate of drug-likeness (QED) is 0.124. The third-order valence-corrected chi connectivity index (χ3v) is 13.2. The molecule has 0 spiro atoms. The largest absolute Gasteiger partial charge is 0.228 e. The molecule has 10 aromatic carbocycles. The third kappa shape index (κ3) is 6.18. The molecule has 3 heteroatoms. The Balaban J connectivity index is 0.901. The molecule has 61 heavy (non-hydrogen) atoms. The number of nitrogens with zero attached hydrogens (tertiary/aromatic N) is 2. The van der Waals surface area contributed by atoms with Crippen molar-refractivity contribution >= 4 is 64.5 Å². The van der Waals surface area contributed by atoms with Crippen LogP contribution in [0.2, 0.25) is 0 Å². The Kier molecular flexibility index (Phi) is 8.39. The first-order valence-corrected chi connectivity index (χ1v) is 21.5. The summed E-state index contributed by atoms with van der Waals surface area (Å²) in [4.78, 5) is 11.3. The Labute approximate surface area is 357 Å². The molecule has 0 aliphatic heterocycles. The molecule has 0 unspecified atom stereocenters. The van der Waals surface area contributed by atoms with E-state index in [0.29, 0.717) is 0 Å². The molecule has 0 N–H and O–H groups in total. The van der Waals surface area contributed by atoms with Gasteiger partial charge in [0.15, 0.2) is 5.82 Å². The molecule has 0 amide bonds. The number of hydrogen-bond acceptors (Lipinski definition) is 3. The van der Waals surface area contributed by atoms with Gasteiger partial charge in [0.1, 0.15) is 0 Å². The molecular formula is C58H36N2S. The van der Waals surface area contributed by atoms with Gasteiger partial charge in [-0.15, -0.1) is 11.3 Å². The molecule has 2 heterocycles. The molecule has 0 atom stereocenters. The van der Waals surface area contributed by atoms with E-state index in [0.717, 1.165) is 38.8 Å². The van der Waals surface area contributed by atoms with Gasteiger partial charge in [-0.1, -0.05) is 194 Å². The lowest BCUT2D eigenvalue weighted by atomic mass is 9.86. The molecule has 12 rings (SSSR count). The van der Waals surface area contributed by atoms with E-state index in [-0.39, 0.29) is 0 Å². The predicted octanol–water partition coefficient (Wildman–Crippen LogP) is 16.3. The third-order valence-electron chi connectivity index (χ3n) is 12.1. The normalized spacial score (nSPS) is 11.6. The van der Waals surface area contributed by atoms with Crippen LogP contribution in [0.5, 0.6) is 0 Å². The van der Waals surface area contributed by atoms with Gasteiger partial charge in [-0.3, -0.25) is 0 Å². The van der Waals surface area contributed by atoms with E-state index in [1.165, 1.54) is 81.0 Å². The molecule has 0 aliphatic carbocycles.